The van der Waals surface area contributed by atoms with Gasteiger partial charge in [0.15, 0.2) is 0 Å². The summed E-state index contributed by atoms with van der Waals surface area (Å²) in [5, 5.41) is 8.30. The van der Waals surface area contributed by atoms with Crippen molar-refractivity contribution in [1.82, 2.24) is 4.31 Å². The number of carbonyl (C=O) groups is 2. The van der Waals surface area contributed by atoms with Crippen LogP contribution in [-0.2, 0) is 24.3 Å². The molecule has 1 heterocycles. The van der Waals surface area contributed by atoms with Crippen LogP contribution in [-0.4, -0.2) is 63.7 Å². The van der Waals surface area contributed by atoms with Gasteiger partial charge in [0, 0.05) is 19.7 Å². The molecule has 1 rings (SSSR count). The Bertz CT molecular complexity index is 648. The summed E-state index contributed by atoms with van der Waals surface area (Å²) in [5.74, 6) is -2.01. The number of aliphatic carboxylic acids is 1. The molecule has 124 valence electrons. The van der Waals surface area contributed by atoms with Gasteiger partial charge in [-0.3, -0.25) is 4.79 Å². The van der Waals surface area contributed by atoms with E-state index in [0.29, 0.717) is 4.31 Å². The van der Waals surface area contributed by atoms with Crippen LogP contribution in [0.1, 0.15) is 16.1 Å². The maximum Gasteiger partial charge on any atom is 0.341 e. The van der Waals surface area contributed by atoms with Gasteiger partial charge >= 0.3 is 11.9 Å². The van der Waals surface area contributed by atoms with E-state index in [0.717, 1.165) is 13.2 Å². The average molecular weight is 335 g/mol. The van der Waals surface area contributed by atoms with Crippen LogP contribution in [0, 0.1) is 6.92 Å². The Hall–Kier alpha value is -1.91. The summed E-state index contributed by atoms with van der Waals surface area (Å²) in [5.41, 5.74) is -0.0388. The summed E-state index contributed by atoms with van der Waals surface area (Å²) in [6.45, 7) is 0.495. The van der Waals surface area contributed by atoms with Gasteiger partial charge in [0.25, 0.3) is 10.0 Å². The first-order valence-electron chi connectivity index (χ1n) is 6.13. The van der Waals surface area contributed by atoms with Crippen LogP contribution in [0.3, 0.4) is 0 Å². The van der Waals surface area contributed by atoms with E-state index in [4.69, 9.17) is 14.3 Å². The van der Waals surface area contributed by atoms with Crippen molar-refractivity contribution < 1.29 is 37.0 Å². The molecule has 0 spiro atoms. The second-order valence-electron chi connectivity index (χ2n) is 4.25. The quantitative estimate of drug-likeness (QED) is 0.663. The minimum Gasteiger partial charge on any atom is -0.480 e. The zero-order chi connectivity index (χ0) is 16.9. The number of hydrogen-bond acceptors (Lipinski definition) is 7. The summed E-state index contributed by atoms with van der Waals surface area (Å²) in [6, 6.07) is 1.01. The van der Waals surface area contributed by atoms with Crippen molar-refractivity contribution in [3.8, 4) is 0 Å². The second-order valence-corrected chi connectivity index (χ2v) is 6.12. The molecule has 0 bridgehead atoms. The van der Waals surface area contributed by atoms with Gasteiger partial charge in [0.1, 0.15) is 17.9 Å². The molecule has 0 saturated heterocycles. The molecule has 0 amide bonds. The topological polar surface area (TPSA) is 123 Å². The minimum atomic E-state index is -4.21. The number of methoxy groups -OCH3 is 2. The molecule has 9 nitrogen and oxygen atoms in total. The van der Waals surface area contributed by atoms with Crippen LogP contribution < -0.4 is 0 Å². The zero-order valence-electron chi connectivity index (χ0n) is 12.4. The second kappa shape index (κ2) is 7.38. The number of carboxylic acid groups (broad SMARTS) is 1. The molecule has 0 aliphatic heterocycles. The van der Waals surface area contributed by atoms with E-state index < -0.39 is 33.6 Å². The highest BCUT2D eigenvalue weighted by molar-refractivity contribution is 7.89. The summed E-state index contributed by atoms with van der Waals surface area (Å²) >= 11 is 0. The SMILES string of the molecule is COCCN(CC(=O)O)S(=O)(=O)c1cc(C(=O)OC)c(C)o1. The fourth-order valence-electron chi connectivity index (χ4n) is 1.65. The van der Waals surface area contributed by atoms with Crippen molar-refractivity contribution in [2.75, 3.05) is 33.9 Å². The van der Waals surface area contributed by atoms with Gasteiger partial charge < -0.3 is 19.0 Å². The predicted octanol–water partition coefficient (Wildman–Crippen LogP) is 0.0963. The van der Waals surface area contributed by atoms with Crippen LogP contribution in [0.25, 0.3) is 0 Å². The number of aryl methyl sites for hydroxylation is 1. The highest BCUT2D eigenvalue weighted by atomic mass is 32.2. The van der Waals surface area contributed by atoms with Crippen LogP contribution in [0.5, 0.6) is 0 Å². The summed E-state index contributed by atoms with van der Waals surface area (Å²) in [6.07, 6.45) is 0. The molecular weight excluding hydrogens is 318 g/mol. The molecular formula is C12H17NO8S. The van der Waals surface area contributed by atoms with Gasteiger partial charge in [-0.25, -0.2) is 13.2 Å². The highest BCUT2D eigenvalue weighted by Crippen LogP contribution is 2.23. The van der Waals surface area contributed by atoms with E-state index >= 15 is 0 Å². The van der Waals surface area contributed by atoms with E-state index in [1.807, 2.05) is 0 Å². The summed E-state index contributed by atoms with van der Waals surface area (Å²) in [4.78, 5) is 22.3. The van der Waals surface area contributed by atoms with Gasteiger partial charge in [-0.2, -0.15) is 4.31 Å². The van der Waals surface area contributed by atoms with Crippen molar-refractivity contribution in [2.45, 2.75) is 12.0 Å². The number of carbonyl (C=O) groups excluding carboxylic acids is 1. The summed E-state index contributed by atoms with van der Waals surface area (Å²) in [7, 11) is -1.70. The van der Waals surface area contributed by atoms with Crippen LogP contribution in [0.4, 0.5) is 0 Å². The molecule has 22 heavy (non-hydrogen) atoms. The Morgan fingerprint density at radius 2 is 2.00 bits per heavy atom. The Labute approximate surface area is 127 Å². The standard InChI is InChI=1S/C12H17NO8S/c1-8-9(12(16)20-3)6-11(21-8)22(17,18)13(4-5-19-2)7-10(14)15/h6H,4-5,7H2,1-3H3,(H,14,15). The van der Waals surface area contributed by atoms with Crippen LogP contribution in [0.15, 0.2) is 15.6 Å². The lowest BCUT2D eigenvalue weighted by Crippen LogP contribution is -2.37. The van der Waals surface area contributed by atoms with Crippen molar-refractivity contribution in [3.05, 3.63) is 17.4 Å². The Morgan fingerprint density at radius 1 is 1.36 bits per heavy atom. The van der Waals surface area contributed by atoms with Crippen molar-refractivity contribution in [2.24, 2.45) is 0 Å². The number of ether oxygens (including phenoxy) is 2. The lowest BCUT2D eigenvalue weighted by Gasteiger charge is -2.18. The molecule has 0 saturated carbocycles. The Balaban J connectivity index is 3.19. The van der Waals surface area contributed by atoms with Crippen LogP contribution in [0.2, 0.25) is 0 Å². The maximum atomic E-state index is 12.4. The van der Waals surface area contributed by atoms with E-state index in [2.05, 4.69) is 4.74 Å². The first-order chi connectivity index (χ1) is 10.2. The van der Waals surface area contributed by atoms with Gasteiger partial charge in [-0.1, -0.05) is 0 Å². The Kier molecular flexibility index (Phi) is 6.09. The normalized spacial score (nSPS) is 11.6. The van der Waals surface area contributed by atoms with Crippen molar-refractivity contribution in [1.29, 1.82) is 0 Å². The number of rotatable bonds is 8. The molecule has 0 aliphatic carbocycles. The lowest BCUT2D eigenvalue weighted by molar-refractivity contribution is -0.137. The lowest BCUT2D eigenvalue weighted by atomic mass is 10.3. The molecule has 1 aromatic heterocycles. The number of carboxylic acids is 1. The predicted molar refractivity (Wildman–Crippen MR) is 73.1 cm³/mol. The Morgan fingerprint density at radius 3 is 2.50 bits per heavy atom. The smallest absolute Gasteiger partial charge is 0.341 e. The fourth-order valence-corrected chi connectivity index (χ4v) is 3.00. The third-order valence-corrected chi connectivity index (χ3v) is 4.45. The maximum absolute atomic E-state index is 12.4. The molecule has 0 radical (unpaired) electrons. The molecule has 10 heteroatoms. The third-order valence-electron chi connectivity index (χ3n) is 2.75. The monoisotopic (exact) mass is 335 g/mol. The number of nitrogens with zero attached hydrogens (tertiary/aromatic N) is 1. The van der Waals surface area contributed by atoms with Crippen molar-refractivity contribution in [3.63, 3.8) is 0 Å². The minimum absolute atomic E-state index is 0.00998. The third kappa shape index (κ3) is 4.06. The van der Waals surface area contributed by atoms with Gasteiger partial charge in [-0.05, 0) is 6.92 Å². The molecule has 1 N–H and O–H groups in total. The van der Waals surface area contributed by atoms with E-state index in [9.17, 15) is 18.0 Å². The first-order valence-corrected chi connectivity index (χ1v) is 7.57. The molecule has 0 atom stereocenters. The molecule has 0 fully saturated rings. The molecule has 0 unspecified atom stereocenters. The zero-order valence-corrected chi connectivity index (χ0v) is 13.2. The number of sulfonamides is 1. The van der Waals surface area contributed by atoms with E-state index in [-0.39, 0.29) is 24.5 Å². The van der Waals surface area contributed by atoms with Gasteiger partial charge in [0.2, 0.25) is 5.09 Å². The molecule has 0 aromatic carbocycles. The number of esters is 1. The largest absolute Gasteiger partial charge is 0.480 e. The number of furan rings is 1. The van der Waals surface area contributed by atoms with E-state index in [1.54, 1.807) is 0 Å². The average Bonchev–Trinajstić information content (AvgIpc) is 2.84. The van der Waals surface area contributed by atoms with Gasteiger partial charge in [0.05, 0.1) is 13.7 Å². The van der Waals surface area contributed by atoms with Gasteiger partial charge in [-0.15, -0.1) is 0 Å². The fraction of sp³-hybridized carbons (Fsp3) is 0.500. The summed E-state index contributed by atoms with van der Waals surface area (Å²) < 4.78 is 39.9. The first kappa shape index (κ1) is 18.1. The van der Waals surface area contributed by atoms with E-state index in [1.165, 1.54) is 14.0 Å². The van der Waals surface area contributed by atoms with Crippen molar-refractivity contribution >= 4 is 22.0 Å². The molecule has 1 aromatic rings. The number of hydrogen-bond donors (Lipinski definition) is 1. The van der Waals surface area contributed by atoms with Crippen LogP contribution >= 0.6 is 0 Å². The highest BCUT2D eigenvalue weighted by Gasteiger charge is 2.31. The molecule has 0 aliphatic rings.